The first-order valence-electron chi connectivity index (χ1n) is 31.5. The maximum absolute atomic E-state index is 13.1. The van der Waals surface area contributed by atoms with E-state index in [0.29, 0.717) is 13.0 Å². The first-order chi connectivity index (χ1) is 38.6. The molecule has 2 saturated heterocycles. The summed E-state index contributed by atoms with van der Waals surface area (Å²) in [7, 11) is 0. The molecule has 0 aromatic carbocycles. The standard InChI is InChI=1S/C65H114O14/c1-3-5-7-9-11-13-15-17-19-21-23-25-26-27-28-29-30-32-34-36-38-40-42-44-46-48-57(67)77-54(51-74-49-47-45-43-41-39-37-35-33-31-24-22-20-18-16-14-12-10-8-6-4-2)52-75-64-63(73)61(71)59(69)56(79-64)53-76-65-62(72)60(70)58(68)55(50-66)78-65/h6,8,12,14,18,20,24,31,35,37,41,43,54-56,58-66,68-73H,3-5,7,9-11,13,15-17,19,21-23,25-30,32-34,36,38-40,42,44-53H2,1-2H3/b8-6-,14-12-,20-18-,31-24-,37-35-,43-41-. The molecule has 2 heterocycles. The van der Waals surface area contributed by atoms with Gasteiger partial charge in [0.25, 0.3) is 0 Å². The highest BCUT2D eigenvalue weighted by molar-refractivity contribution is 5.69. The smallest absolute Gasteiger partial charge is 0.306 e. The number of esters is 1. The zero-order chi connectivity index (χ0) is 57.2. The number of rotatable bonds is 51. The maximum atomic E-state index is 13.1. The van der Waals surface area contributed by atoms with Crippen molar-refractivity contribution < 1.29 is 69.0 Å². The number of allylic oxidation sites excluding steroid dienone is 12. The van der Waals surface area contributed by atoms with E-state index in [9.17, 15) is 40.5 Å². The van der Waals surface area contributed by atoms with E-state index in [0.717, 1.165) is 70.6 Å². The molecule has 11 atom stereocenters. The summed E-state index contributed by atoms with van der Waals surface area (Å²) in [6.07, 6.45) is 49.9. The minimum Gasteiger partial charge on any atom is -0.457 e. The van der Waals surface area contributed by atoms with Crippen molar-refractivity contribution in [3.8, 4) is 0 Å². The maximum Gasteiger partial charge on any atom is 0.306 e. The Bertz CT molecular complexity index is 1580. The summed E-state index contributed by atoms with van der Waals surface area (Å²) in [5.41, 5.74) is 0. The third kappa shape index (κ3) is 37.3. The Labute approximate surface area is 478 Å². The molecule has 2 fully saturated rings. The van der Waals surface area contributed by atoms with E-state index >= 15 is 0 Å². The van der Waals surface area contributed by atoms with Crippen molar-refractivity contribution in [3.05, 3.63) is 72.9 Å². The first kappa shape index (κ1) is 72.5. The fourth-order valence-corrected chi connectivity index (χ4v) is 9.72. The van der Waals surface area contributed by atoms with Crippen LogP contribution in [-0.2, 0) is 33.2 Å². The Morgan fingerprint density at radius 3 is 1.24 bits per heavy atom. The Balaban J connectivity index is 1.70. The van der Waals surface area contributed by atoms with Gasteiger partial charge < -0.3 is 64.2 Å². The number of aliphatic hydroxyl groups excluding tert-OH is 7. The lowest BCUT2D eigenvalue weighted by molar-refractivity contribution is -0.332. The normalized spacial score (nSPS) is 24.5. The van der Waals surface area contributed by atoms with Gasteiger partial charge >= 0.3 is 5.97 Å². The van der Waals surface area contributed by atoms with Crippen LogP contribution in [0.15, 0.2) is 72.9 Å². The monoisotopic (exact) mass is 1120 g/mol. The number of hydrogen-bond acceptors (Lipinski definition) is 14. The van der Waals surface area contributed by atoms with Crippen molar-refractivity contribution >= 4 is 5.97 Å². The molecule has 2 aliphatic rings. The molecule has 2 rings (SSSR count). The predicted octanol–water partition coefficient (Wildman–Crippen LogP) is 12.2. The Morgan fingerprint density at radius 2 is 0.810 bits per heavy atom. The molecule has 14 heteroatoms. The lowest BCUT2D eigenvalue weighted by Gasteiger charge is -2.42. The lowest BCUT2D eigenvalue weighted by atomic mass is 9.98. The van der Waals surface area contributed by atoms with Gasteiger partial charge in [0.2, 0.25) is 0 Å². The molecule has 0 bridgehead atoms. The van der Waals surface area contributed by atoms with Crippen LogP contribution in [0.4, 0.5) is 0 Å². The molecular weight excluding hydrogens is 1000 g/mol. The zero-order valence-corrected chi connectivity index (χ0v) is 49.3. The van der Waals surface area contributed by atoms with Gasteiger partial charge in [-0.25, -0.2) is 0 Å². The molecule has 0 radical (unpaired) electrons. The highest BCUT2D eigenvalue weighted by Gasteiger charge is 2.47. The summed E-state index contributed by atoms with van der Waals surface area (Å²) in [6.45, 7) is 3.45. The fraction of sp³-hybridized carbons (Fsp3) is 0.800. The van der Waals surface area contributed by atoms with Crippen molar-refractivity contribution in [1.29, 1.82) is 0 Å². The van der Waals surface area contributed by atoms with Crippen LogP contribution in [0.2, 0.25) is 0 Å². The summed E-state index contributed by atoms with van der Waals surface area (Å²) < 4.78 is 34.4. The molecule has 0 saturated carbocycles. The molecule has 79 heavy (non-hydrogen) atoms. The van der Waals surface area contributed by atoms with E-state index < -0.39 is 86.7 Å². The molecule has 0 aromatic rings. The molecule has 2 aliphatic heterocycles. The van der Waals surface area contributed by atoms with Gasteiger partial charge in [0.15, 0.2) is 12.6 Å². The summed E-state index contributed by atoms with van der Waals surface area (Å²) in [6, 6.07) is 0. The second kappa shape index (κ2) is 51.1. The molecule has 14 nitrogen and oxygen atoms in total. The fourth-order valence-electron chi connectivity index (χ4n) is 9.72. The molecule has 7 N–H and O–H groups in total. The van der Waals surface area contributed by atoms with Crippen LogP contribution in [0.25, 0.3) is 0 Å². The van der Waals surface area contributed by atoms with Crippen molar-refractivity contribution in [2.24, 2.45) is 0 Å². The Kier molecular flexibility index (Phi) is 46.9. The third-order valence-electron chi connectivity index (χ3n) is 14.7. The molecule has 0 spiro atoms. The Hall–Kier alpha value is -2.57. The van der Waals surface area contributed by atoms with E-state index in [1.807, 2.05) is 0 Å². The number of ether oxygens (including phenoxy) is 6. The number of aliphatic hydroxyl groups is 7. The number of carbonyl (C=O) groups excluding carboxylic acids is 1. The van der Waals surface area contributed by atoms with Gasteiger partial charge in [-0.2, -0.15) is 0 Å². The average molecular weight is 1120 g/mol. The highest BCUT2D eigenvalue weighted by atomic mass is 16.7. The molecule has 0 aromatic heterocycles. The van der Waals surface area contributed by atoms with Crippen molar-refractivity contribution in [1.82, 2.24) is 0 Å². The molecule has 0 amide bonds. The van der Waals surface area contributed by atoms with E-state index in [4.69, 9.17) is 28.4 Å². The minimum absolute atomic E-state index is 0.0204. The number of carbonyl (C=O) groups is 1. The van der Waals surface area contributed by atoms with Crippen LogP contribution in [0.1, 0.15) is 232 Å². The highest BCUT2D eigenvalue weighted by Crippen LogP contribution is 2.27. The van der Waals surface area contributed by atoms with Gasteiger partial charge in [-0.1, -0.05) is 241 Å². The third-order valence-corrected chi connectivity index (χ3v) is 14.7. The van der Waals surface area contributed by atoms with E-state index in [-0.39, 0.29) is 19.6 Å². The molecule has 0 aliphatic carbocycles. The van der Waals surface area contributed by atoms with Crippen LogP contribution in [0, 0.1) is 0 Å². The SMILES string of the molecule is CC/C=C\C/C=C\C/C=C\C/C=C\C/C=C\C/C=C\CCCOCC(COC1OC(COC2OC(CO)C(O)C(O)C2O)C(O)C(O)C1O)OC(=O)CCCCCCCCCCCCCCCCCCCCCCCCCCC. The quantitative estimate of drug-likeness (QED) is 0.0172. The van der Waals surface area contributed by atoms with E-state index in [1.165, 1.54) is 135 Å². The number of unbranched alkanes of at least 4 members (excludes halogenated alkanes) is 25. The van der Waals surface area contributed by atoms with Gasteiger partial charge in [0, 0.05) is 13.0 Å². The Morgan fingerprint density at radius 1 is 0.430 bits per heavy atom. The van der Waals surface area contributed by atoms with Crippen LogP contribution in [0.5, 0.6) is 0 Å². The summed E-state index contributed by atoms with van der Waals surface area (Å²) in [5, 5.41) is 72.4. The molecular formula is C65H114O14. The largest absolute Gasteiger partial charge is 0.457 e. The van der Waals surface area contributed by atoms with Crippen LogP contribution < -0.4 is 0 Å². The van der Waals surface area contributed by atoms with Crippen molar-refractivity contribution in [3.63, 3.8) is 0 Å². The van der Waals surface area contributed by atoms with Crippen LogP contribution in [0.3, 0.4) is 0 Å². The average Bonchev–Trinajstić information content (AvgIpc) is 3.46. The predicted molar refractivity (Wildman–Crippen MR) is 316 cm³/mol. The van der Waals surface area contributed by atoms with E-state index in [1.54, 1.807) is 0 Å². The van der Waals surface area contributed by atoms with Crippen molar-refractivity contribution in [2.45, 2.75) is 300 Å². The summed E-state index contributed by atoms with van der Waals surface area (Å²) in [4.78, 5) is 13.1. The van der Waals surface area contributed by atoms with Crippen molar-refractivity contribution in [2.75, 3.05) is 33.0 Å². The van der Waals surface area contributed by atoms with Gasteiger partial charge in [0.05, 0.1) is 26.4 Å². The summed E-state index contributed by atoms with van der Waals surface area (Å²) in [5.74, 6) is -0.393. The van der Waals surface area contributed by atoms with Crippen LogP contribution >= 0.6 is 0 Å². The first-order valence-corrected chi connectivity index (χ1v) is 31.5. The van der Waals surface area contributed by atoms with Gasteiger partial charge in [0.1, 0.15) is 54.9 Å². The van der Waals surface area contributed by atoms with Crippen LogP contribution in [-0.4, -0.2) is 142 Å². The topological polar surface area (TPSA) is 214 Å². The second-order valence-electron chi connectivity index (χ2n) is 21.9. The molecule has 11 unspecified atom stereocenters. The second-order valence-corrected chi connectivity index (χ2v) is 21.9. The van der Waals surface area contributed by atoms with Gasteiger partial charge in [-0.3, -0.25) is 4.79 Å². The molecule has 458 valence electrons. The minimum atomic E-state index is -1.72. The zero-order valence-electron chi connectivity index (χ0n) is 49.3. The lowest BCUT2D eigenvalue weighted by Crippen LogP contribution is -2.61. The van der Waals surface area contributed by atoms with Gasteiger partial charge in [-0.15, -0.1) is 0 Å². The van der Waals surface area contributed by atoms with E-state index in [2.05, 4.69) is 86.8 Å². The number of hydrogen-bond donors (Lipinski definition) is 7. The van der Waals surface area contributed by atoms with Gasteiger partial charge in [-0.05, 0) is 57.8 Å². The summed E-state index contributed by atoms with van der Waals surface area (Å²) >= 11 is 0.